The Balaban J connectivity index is 1.49. The predicted molar refractivity (Wildman–Crippen MR) is 97.5 cm³/mol. The predicted octanol–water partition coefficient (Wildman–Crippen LogP) is 3.72. The van der Waals surface area contributed by atoms with Gasteiger partial charge in [0.2, 0.25) is 11.6 Å². The number of halogens is 2. The second-order valence-electron chi connectivity index (χ2n) is 6.99. The number of thiophene rings is 1. The van der Waals surface area contributed by atoms with Crippen LogP contribution < -0.4 is 0 Å². The van der Waals surface area contributed by atoms with Gasteiger partial charge in [-0.25, -0.2) is 23.4 Å². The van der Waals surface area contributed by atoms with Gasteiger partial charge in [-0.3, -0.25) is 0 Å². The van der Waals surface area contributed by atoms with Crippen molar-refractivity contribution in [3.63, 3.8) is 0 Å². The van der Waals surface area contributed by atoms with Crippen molar-refractivity contribution >= 4 is 32.7 Å². The van der Waals surface area contributed by atoms with Crippen LogP contribution in [-0.2, 0) is 7.05 Å². The van der Waals surface area contributed by atoms with Crippen molar-refractivity contribution in [2.45, 2.75) is 24.9 Å². The van der Waals surface area contributed by atoms with Crippen LogP contribution in [0.25, 0.3) is 32.6 Å². The molecular formula is C18H15F2N5OS. The summed E-state index contributed by atoms with van der Waals surface area (Å²) in [7, 11) is 1.80. The Labute approximate surface area is 156 Å². The van der Waals surface area contributed by atoms with Crippen LogP contribution in [0.5, 0.6) is 0 Å². The van der Waals surface area contributed by atoms with Gasteiger partial charge in [-0.15, -0.1) is 16.4 Å². The SMILES string of the molecule is Cn1nnc2ncc(-c3ccc4cc([C@@H](O)C5CC(F)(F)C5)sc4n3)cc21. The summed E-state index contributed by atoms with van der Waals surface area (Å²) >= 11 is 1.34. The summed E-state index contributed by atoms with van der Waals surface area (Å²) in [6.45, 7) is 0. The normalized spacial score (nSPS) is 18.1. The molecule has 0 aliphatic heterocycles. The van der Waals surface area contributed by atoms with Crippen molar-refractivity contribution in [1.82, 2.24) is 25.0 Å². The highest BCUT2D eigenvalue weighted by Crippen LogP contribution is 2.49. The summed E-state index contributed by atoms with van der Waals surface area (Å²) in [5, 5.41) is 19.2. The van der Waals surface area contributed by atoms with Crippen LogP contribution in [0.15, 0.2) is 30.5 Å². The number of aromatic nitrogens is 5. The molecule has 0 amide bonds. The molecule has 27 heavy (non-hydrogen) atoms. The van der Waals surface area contributed by atoms with E-state index in [1.807, 2.05) is 24.3 Å². The van der Waals surface area contributed by atoms with Crippen molar-refractivity contribution in [2.75, 3.05) is 0 Å². The number of pyridine rings is 2. The molecule has 138 valence electrons. The largest absolute Gasteiger partial charge is 0.387 e. The lowest BCUT2D eigenvalue weighted by molar-refractivity contribution is -0.141. The monoisotopic (exact) mass is 387 g/mol. The lowest BCUT2D eigenvalue weighted by atomic mass is 9.77. The van der Waals surface area contributed by atoms with Gasteiger partial charge in [0.15, 0.2) is 0 Å². The maximum absolute atomic E-state index is 13.1. The fraction of sp³-hybridized carbons (Fsp3) is 0.333. The third-order valence-corrected chi connectivity index (χ3v) is 6.14. The molecule has 0 bridgehead atoms. The molecule has 4 heterocycles. The Bertz CT molecular complexity index is 1160. The van der Waals surface area contributed by atoms with Gasteiger partial charge in [-0.05, 0) is 24.3 Å². The molecule has 0 radical (unpaired) electrons. The van der Waals surface area contributed by atoms with Crippen LogP contribution in [0.1, 0.15) is 23.8 Å². The fourth-order valence-electron chi connectivity index (χ4n) is 3.47. The number of aliphatic hydroxyl groups is 1. The topological polar surface area (TPSA) is 76.7 Å². The Morgan fingerprint density at radius 2 is 2.11 bits per heavy atom. The number of aryl methyl sites for hydroxylation is 1. The van der Waals surface area contributed by atoms with E-state index in [9.17, 15) is 13.9 Å². The van der Waals surface area contributed by atoms with Crippen LogP contribution >= 0.6 is 11.3 Å². The molecule has 1 aliphatic carbocycles. The zero-order chi connectivity index (χ0) is 18.8. The second-order valence-corrected chi connectivity index (χ2v) is 8.05. The average molecular weight is 387 g/mol. The van der Waals surface area contributed by atoms with Gasteiger partial charge >= 0.3 is 0 Å². The summed E-state index contributed by atoms with van der Waals surface area (Å²) < 4.78 is 27.8. The first-order chi connectivity index (χ1) is 12.9. The molecule has 4 aromatic heterocycles. The molecule has 1 fully saturated rings. The summed E-state index contributed by atoms with van der Waals surface area (Å²) in [4.78, 5) is 10.4. The molecule has 1 aliphatic rings. The Hall–Kier alpha value is -2.52. The molecule has 0 spiro atoms. The number of nitrogens with zero attached hydrogens (tertiary/aromatic N) is 5. The molecule has 9 heteroatoms. The molecule has 1 N–H and O–H groups in total. The number of fused-ring (bicyclic) bond motifs is 2. The van der Waals surface area contributed by atoms with Gasteiger partial charge in [-0.1, -0.05) is 5.21 Å². The minimum atomic E-state index is -2.64. The average Bonchev–Trinajstić information content (AvgIpc) is 3.22. The standard InChI is InChI=1S/C18H15F2N5OS/c1-25-13-4-10(8-21-16(13)23-24-25)12-3-2-9-5-14(27-17(9)22-12)15(26)11-6-18(19,20)7-11/h2-5,8,11,15,26H,6-7H2,1H3/t15-/m0/s1. The smallest absolute Gasteiger partial charge is 0.248 e. The molecule has 0 unspecified atom stereocenters. The van der Waals surface area contributed by atoms with Crippen LogP contribution in [0.4, 0.5) is 8.78 Å². The first kappa shape index (κ1) is 16.6. The lowest BCUT2D eigenvalue weighted by Gasteiger charge is -2.37. The number of rotatable bonds is 3. The third kappa shape index (κ3) is 2.78. The van der Waals surface area contributed by atoms with Gasteiger partial charge in [0, 0.05) is 47.8 Å². The second kappa shape index (κ2) is 5.74. The summed E-state index contributed by atoms with van der Waals surface area (Å²) in [6.07, 6.45) is 0.313. The van der Waals surface area contributed by atoms with Gasteiger partial charge in [0.05, 0.1) is 11.8 Å². The first-order valence-electron chi connectivity index (χ1n) is 8.52. The minimum absolute atomic E-state index is 0.258. The van der Waals surface area contributed by atoms with Gasteiger partial charge in [0.25, 0.3) is 0 Å². The van der Waals surface area contributed by atoms with Crippen LogP contribution in [0, 0.1) is 5.92 Å². The summed E-state index contributed by atoms with van der Waals surface area (Å²) in [6, 6.07) is 7.57. The third-order valence-electron chi connectivity index (χ3n) is 5.03. The quantitative estimate of drug-likeness (QED) is 0.580. The van der Waals surface area contributed by atoms with Crippen molar-refractivity contribution < 1.29 is 13.9 Å². The maximum Gasteiger partial charge on any atom is 0.248 e. The number of alkyl halides is 2. The minimum Gasteiger partial charge on any atom is -0.387 e. The highest BCUT2D eigenvalue weighted by atomic mass is 32.1. The van der Waals surface area contributed by atoms with E-state index < -0.39 is 17.9 Å². The molecule has 5 rings (SSSR count). The summed E-state index contributed by atoms with van der Waals surface area (Å²) in [5.41, 5.74) is 2.96. The fourth-order valence-corrected chi connectivity index (χ4v) is 4.58. The van der Waals surface area contributed by atoms with Crippen LogP contribution in [0.3, 0.4) is 0 Å². The number of hydrogen-bond acceptors (Lipinski definition) is 6. The lowest BCUT2D eigenvalue weighted by Crippen LogP contribution is -2.38. The Kier molecular flexibility index (Phi) is 3.54. The van der Waals surface area contributed by atoms with Gasteiger partial charge in [-0.2, -0.15) is 0 Å². The van der Waals surface area contributed by atoms with Gasteiger partial charge < -0.3 is 5.11 Å². The molecular weight excluding hydrogens is 372 g/mol. The molecule has 1 atom stereocenters. The van der Waals surface area contributed by atoms with Crippen LogP contribution in [0.2, 0.25) is 0 Å². The Morgan fingerprint density at radius 3 is 2.89 bits per heavy atom. The van der Waals surface area contributed by atoms with Crippen LogP contribution in [-0.4, -0.2) is 36.0 Å². The molecule has 0 aromatic carbocycles. The van der Waals surface area contributed by atoms with E-state index in [0.29, 0.717) is 10.5 Å². The summed E-state index contributed by atoms with van der Waals surface area (Å²) in [5.74, 6) is -3.03. The number of hydrogen-bond donors (Lipinski definition) is 1. The van der Waals surface area contributed by atoms with E-state index in [-0.39, 0.29) is 12.8 Å². The van der Waals surface area contributed by atoms with Crippen molar-refractivity contribution in [1.29, 1.82) is 0 Å². The number of aliphatic hydroxyl groups excluding tert-OH is 1. The first-order valence-corrected chi connectivity index (χ1v) is 9.33. The van der Waals surface area contributed by atoms with E-state index in [4.69, 9.17) is 0 Å². The van der Waals surface area contributed by atoms with E-state index in [1.165, 1.54) is 11.3 Å². The van der Waals surface area contributed by atoms with Gasteiger partial charge in [0.1, 0.15) is 10.3 Å². The highest BCUT2D eigenvalue weighted by Gasteiger charge is 2.48. The Morgan fingerprint density at radius 1 is 1.30 bits per heavy atom. The molecule has 6 nitrogen and oxygen atoms in total. The highest BCUT2D eigenvalue weighted by molar-refractivity contribution is 7.18. The van der Waals surface area contributed by atoms with E-state index in [1.54, 1.807) is 17.9 Å². The van der Waals surface area contributed by atoms with Crippen molar-refractivity contribution in [3.8, 4) is 11.3 Å². The zero-order valence-corrected chi connectivity index (χ0v) is 15.1. The maximum atomic E-state index is 13.1. The van der Waals surface area contributed by atoms with E-state index >= 15 is 0 Å². The van der Waals surface area contributed by atoms with Crippen molar-refractivity contribution in [3.05, 3.63) is 35.3 Å². The molecule has 0 saturated heterocycles. The van der Waals surface area contributed by atoms with E-state index in [2.05, 4.69) is 20.3 Å². The molecule has 1 saturated carbocycles. The van der Waals surface area contributed by atoms with Crippen molar-refractivity contribution in [2.24, 2.45) is 13.0 Å². The zero-order valence-electron chi connectivity index (χ0n) is 14.3. The van der Waals surface area contributed by atoms with E-state index in [0.717, 1.165) is 27.0 Å². The molecule has 4 aromatic rings.